The monoisotopic (exact) mass is 198 g/mol. The molecule has 0 amide bonds. The van der Waals surface area contributed by atoms with Gasteiger partial charge in [0.05, 0.1) is 0 Å². The highest BCUT2D eigenvalue weighted by molar-refractivity contribution is 4.94. The standard InChI is InChI=1S/C12H26N2/c1-4-12(8-5-9-12)14-10-6-7-11(2,3)13/h14H,4-10,13H2,1-3H3. The summed E-state index contributed by atoms with van der Waals surface area (Å²) in [5.41, 5.74) is 6.44. The summed E-state index contributed by atoms with van der Waals surface area (Å²) in [6, 6.07) is 0. The molecular weight excluding hydrogens is 172 g/mol. The largest absolute Gasteiger partial charge is 0.326 e. The molecule has 0 saturated heterocycles. The van der Waals surface area contributed by atoms with Crippen molar-refractivity contribution in [2.24, 2.45) is 5.73 Å². The molecule has 0 heterocycles. The molecule has 1 aliphatic rings. The Labute approximate surface area is 88.6 Å². The van der Waals surface area contributed by atoms with Crippen molar-refractivity contribution in [1.29, 1.82) is 0 Å². The topological polar surface area (TPSA) is 38.0 Å². The first-order valence-electron chi connectivity index (χ1n) is 6.01. The zero-order valence-corrected chi connectivity index (χ0v) is 10.0. The number of rotatable bonds is 6. The molecule has 0 unspecified atom stereocenters. The van der Waals surface area contributed by atoms with Gasteiger partial charge in [0, 0.05) is 11.1 Å². The van der Waals surface area contributed by atoms with Crippen LogP contribution in [-0.4, -0.2) is 17.6 Å². The molecule has 0 aromatic rings. The molecule has 3 N–H and O–H groups in total. The van der Waals surface area contributed by atoms with Gasteiger partial charge in [0.25, 0.3) is 0 Å². The molecule has 0 aromatic heterocycles. The lowest BCUT2D eigenvalue weighted by Crippen LogP contribution is -2.50. The molecule has 1 rings (SSSR count). The van der Waals surface area contributed by atoms with Crippen molar-refractivity contribution in [1.82, 2.24) is 5.32 Å². The van der Waals surface area contributed by atoms with Crippen LogP contribution in [0.1, 0.15) is 59.3 Å². The third-order valence-electron chi connectivity index (χ3n) is 3.49. The highest BCUT2D eigenvalue weighted by Gasteiger charge is 2.33. The number of hydrogen-bond donors (Lipinski definition) is 2. The van der Waals surface area contributed by atoms with Gasteiger partial charge in [0.1, 0.15) is 0 Å². The van der Waals surface area contributed by atoms with Crippen LogP contribution in [0.5, 0.6) is 0 Å². The van der Waals surface area contributed by atoms with Gasteiger partial charge in [-0.1, -0.05) is 6.92 Å². The van der Waals surface area contributed by atoms with E-state index in [1.54, 1.807) is 0 Å². The lowest BCUT2D eigenvalue weighted by molar-refractivity contribution is 0.176. The van der Waals surface area contributed by atoms with E-state index in [0.29, 0.717) is 5.54 Å². The van der Waals surface area contributed by atoms with Crippen LogP contribution < -0.4 is 11.1 Å². The molecule has 0 aliphatic heterocycles. The van der Waals surface area contributed by atoms with Crippen LogP contribution in [-0.2, 0) is 0 Å². The number of nitrogens with one attached hydrogen (secondary N) is 1. The van der Waals surface area contributed by atoms with E-state index in [1.165, 1.54) is 32.1 Å². The summed E-state index contributed by atoms with van der Waals surface area (Å²) in [7, 11) is 0. The molecule has 0 bridgehead atoms. The Hall–Kier alpha value is -0.0800. The van der Waals surface area contributed by atoms with E-state index in [2.05, 4.69) is 26.1 Å². The summed E-state index contributed by atoms with van der Waals surface area (Å²) in [6.07, 6.45) is 7.73. The van der Waals surface area contributed by atoms with Crippen LogP contribution in [0, 0.1) is 0 Å². The molecule has 0 atom stereocenters. The molecule has 0 aromatic carbocycles. The third kappa shape index (κ3) is 3.58. The molecule has 84 valence electrons. The number of hydrogen-bond acceptors (Lipinski definition) is 2. The van der Waals surface area contributed by atoms with E-state index in [1.807, 2.05) is 0 Å². The molecule has 1 aliphatic carbocycles. The Morgan fingerprint density at radius 3 is 2.36 bits per heavy atom. The third-order valence-corrected chi connectivity index (χ3v) is 3.49. The van der Waals surface area contributed by atoms with Gasteiger partial charge in [-0.15, -0.1) is 0 Å². The van der Waals surface area contributed by atoms with Crippen molar-refractivity contribution in [3.05, 3.63) is 0 Å². The summed E-state index contributed by atoms with van der Waals surface area (Å²) >= 11 is 0. The normalized spacial score (nSPS) is 20.6. The predicted octanol–water partition coefficient (Wildman–Crippen LogP) is 2.43. The van der Waals surface area contributed by atoms with E-state index < -0.39 is 0 Å². The SMILES string of the molecule is CCC1(NCCCC(C)(C)N)CCC1. The first-order valence-corrected chi connectivity index (χ1v) is 6.01. The summed E-state index contributed by atoms with van der Waals surface area (Å²) in [5, 5.41) is 3.70. The van der Waals surface area contributed by atoms with E-state index in [-0.39, 0.29) is 5.54 Å². The smallest absolute Gasteiger partial charge is 0.0178 e. The zero-order chi connectivity index (χ0) is 10.7. The Morgan fingerprint density at radius 2 is 2.00 bits per heavy atom. The maximum Gasteiger partial charge on any atom is 0.0178 e. The maximum absolute atomic E-state index is 5.94. The van der Waals surface area contributed by atoms with Gasteiger partial charge < -0.3 is 11.1 Å². The molecule has 1 fully saturated rings. The summed E-state index contributed by atoms with van der Waals surface area (Å²) in [6.45, 7) is 7.63. The fourth-order valence-electron chi connectivity index (χ4n) is 2.16. The minimum Gasteiger partial charge on any atom is -0.326 e. The molecule has 14 heavy (non-hydrogen) atoms. The maximum atomic E-state index is 5.94. The highest BCUT2D eigenvalue weighted by Crippen LogP contribution is 2.34. The minimum atomic E-state index is 0.000666. The van der Waals surface area contributed by atoms with Crippen molar-refractivity contribution < 1.29 is 0 Å². The van der Waals surface area contributed by atoms with Crippen LogP contribution in [0.3, 0.4) is 0 Å². The molecule has 1 saturated carbocycles. The summed E-state index contributed by atoms with van der Waals surface area (Å²) in [5.74, 6) is 0. The van der Waals surface area contributed by atoms with Crippen LogP contribution in [0.15, 0.2) is 0 Å². The van der Waals surface area contributed by atoms with Gasteiger partial charge in [0.15, 0.2) is 0 Å². The second-order valence-electron chi connectivity index (χ2n) is 5.51. The molecule has 0 radical (unpaired) electrons. The molecule has 2 nitrogen and oxygen atoms in total. The minimum absolute atomic E-state index is 0.000666. The van der Waals surface area contributed by atoms with Crippen molar-refractivity contribution in [3.63, 3.8) is 0 Å². The fraction of sp³-hybridized carbons (Fsp3) is 1.00. The Kier molecular flexibility index (Phi) is 3.96. The molecule has 0 spiro atoms. The van der Waals surface area contributed by atoms with Gasteiger partial charge in [0.2, 0.25) is 0 Å². The second-order valence-corrected chi connectivity index (χ2v) is 5.51. The predicted molar refractivity (Wildman–Crippen MR) is 62.4 cm³/mol. The van der Waals surface area contributed by atoms with E-state index in [0.717, 1.165) is 13.0 Å². The van der Waals surface area contributed by atoms with Gasteiger partial charge in [-0.2, -0.15) is 0 Å². The fourth-order valence-corrected chi connectivity index (χ4v) is 2.16. The van der Waals surface area contributed by atoms with Gasteiger partial charge in [-0.3, -0.25) is 0 Å². The second kappa shape index (κ2) is 4.63. The lowest BCUT2D eigenvalue weighted by Gasteiger charge is -2.42. The first-order chi connectivity index (χ1) is 6.47. The first kappa shape index (κ1) is 12.0. The Morgan fingerprint density at radius 1 is 1.36 bits per heavy atom. The Balaban J connectivity index is 2.09. The summed E-state index contributed by atoms with van der Waals surface area (Å²) < 4.78 is 0. The van der Waals surface area contributed by atoms with Crippen LogP contribution in [0.2, 0.25) is 0 Å². The van der Waals surface area contributed by atoms with Gasteiger partial charge in [-0.25, -0.2) is 0 Å². The van der Waals surface area contributed by atoms with Crippen molar-refractivity contribution in [3.8, 4) is 0 Å². The quantitative estimate of drug-likeness (QED) is 0.643. The molecular formula is C12H26N2. The zero-order valence-electron chi connectivity index (χ0n) is 10.0. The van der Waals surface area contributed by atoms with E-state index in [9.17, 15) is 0 Å². The Bertz CT molecular complexity index is 160. The van der Waals surface area contributed by atoms with Crippen molar-refractivity contribution >= 4 is 0 Å². The average Bonchev–Trinajstić information content (AvgIpc) is 2.00. The van der Waals surface area contributed by atoms with Crippen LogP contribution in [0.25, 0.3) is 0 Å². The van der Waals surface area contributed by atoms with E-state index >= 15 is 0 Å². The van der Waals surface area contributed by atoms with Crippen molar-refractivity contribution in [2.45, 2.75) is 70.4 Å². The summed E-state index contributed by atoms with van der Waals surface area (Å²) in [4.78, 5) is 0. The van der Waals surface area contributed by atoms with Gasteiger partial charge >= 0.3 is 0 Å². The lowest BCUT2D eigenvalue weighted by atomic mass is 9.75. The molecule has 2 heteroatoms. The van der Waals surface area contributed by atoms with Crippen molar-refractivity contribution in [2.75, 3.05) is 6.54 Å². The van der Waals surface area contributed by atoms with Crippen LogP contribution >= 0.6 is 0 Å². The van der Waals surface area contributed by atoms with Crippen LogP contribution in [0.4, 0.5) is 0 Å². The van der Waals surface area contributed by atoms with E-state index in [4.69, 9.17) is 5.73 Å². The average molecular weight is 198 g/mol. The number of nitrogens with two attached hydrogens (primary N) is 1. The highest BCUT2D eigenvalue weighted by atomic mass is 15.0. The van der Waals surface area contributed by atoms with Gasteiger partial charge in [-0.05, 0) is 58.9 Å².